The number of rotatable bonds is 4. The zero-order chi connectivity index (χ0) is 13.1. The topological polar surface area (TPSA) is 48.4 Å². The van der Waals surface area contributed by atoms with Crippen LogP contribution in [0.25, 0.3) is 0 Å². The van der Waals surface area contributed by atoms with Crippen LogP contribution in [0.2, 0.25) is 0 Å². The summed E-state index contributed by atoms with van der Waals surface area (Å²) >= 11 is 3.46. The van der Waals surface area contributed by atoms with E-state index in [9.17, 15) is 0 Å². The number of ether oxygens (including phenoxy) is 1. The highest BCUT2D eigenvalue weighted by atomic mass is 79.9. The van der Waals surface area contributed by atoms with E-state index in [2.05, 4.69) is 15.9 Å². The standard InChI is InChI=1S/C14H16BrNO2/c1-9-5-11(3-4-13(9)15)17-8-12-6-10(2)14(7-16)18-12/h3-6H,7-8,16H2,1-2H3. The first-order chi connectivity index (χ1) is 8.60. The summed E-state index contributed by atoms with van der Waals surface area (Å²) in [5, 5.41) is 0. The normalized spacial score (nSPS) is 10.7. The molecular weight excluding hydrogens is 294 g/mol. The summed E-state index contributed by atoms with van der Waals surface area (Å²) in [7, 11) is 0. The van der Waals surface area contributed by atoms with Crippen LogP contribution in [0.1, 0.15) is 22.6 Å². The molecule has 0 bridgehead atoms. The van der Waals surface area contributed by atoms with Gasteiger partial charge in [0.2, 0.25) is 0 Å². The predicted molar refractivity (Wildman–Crippen MR) is 74.5 cm³/mol. The highest BCUT2D eigenvalue weighted by molar-refractivity contribution is 9.10. The lowest BCUT2D eigenvalue weighted by atomic mass is 10.2. The molecule has 0 fully saturated rings. The van der Waals surface area contributed by atoms with E-state index in [0.29, 0.717) is 13.2 Å². The summed E-state index contributed by atoms with van der Waals surface area (Å²) in [6, 6.07) is 7.86. The smallest absolute Gasteiger partial charge is 0.146 e. The van der Waals surface area contributed by atoms with E-state index in [1.807, 2.05) is 38.1 Å². The molecule has 1 heterocycles. The van der Waals surface area contributed by atoms with Gasteiger partial charge in [-0.25, -0.2) is 0 Å². The molecular formula is C14H16BrNO2. The minimum Gasteiger partial charge on any atom is -0.486 e. The molecule has 1 aromatic heterocycles. The van der Waals surface area contributed by atoms with Crippen molar-refractivity contribution in [3.8, 4) is 5.75 Å². The van der Waals surface area contributed by atoms with Crippen LogP contribution in [0.5, 0.6) is 5.75 Å². The van der Waals surface area contributed by atoms with Crippen LogP contribution in [0, 0.1) is 13.8 Å². The predicted octanol–water partition coefficient (Wildman–Crippen LogP) is 3.70. The molecule has 0 radical (unpaired) electrons. The third-order valence-corrected chi connectivity index (χ3v) is 3.66. The molecule has 0 saturated carbocycles. The molecule has 0 saturated heterocycles. The van der Waals surface area contributed by atoms with Crippen LogP contribution in [0.15, 0.2) is 33.2 Å². The third-order valence-electron chi connectivity index (χ3n) is 2.77. The first-order valence-electron chi connectivity index (χ1n) is 5.77. The quantitative estimate of drug-likeness (QED) is 0.937. The second kappa shape index (κ2) is 5.59. The summed E-state index contributed by atoms with van der Waals surface area (Å²) in [6.45, 7) is 4.85. The maximum absolute atomic E-state index is 5.69. The Bertz CT molecular complexity index is 549. The maximum Gasteiger partial charge on any atom is 0.146 e. The second-order valence-corrected chi connectivity index (χ2v) is 5.08. The molecule has 1 aromatic carbocycles. The number of furan rings is 1. The van der Waals surface area contributed by atoms with Crippen molar-refractivity contribution >= 4 is 15.9 Å². The summed E-state index contributed by atoms with van der Waals surface area (Å²) < 4.78 is 12.3. The van der Waals surface area contributed by atoms with Crippen LogP contribution < -0.4 is 10.5 Å². The number of halogens is 1. The zero-order valence-electron chi connectivity index (χ0n) is 10.5. The Morgan fingerprint density at radius 2 is 2.00 bits per heavy atom. The van der Waals surface area contributed by atoms with Crippen molar-refractivity contribution in [2.24, 2.45) is 5.73 Å². The fourth-order valence-electron chi connectivity index (χ4n) is 1.73. The molecule has 0 unspecified atom stereocenters. The minimum atomic E-state index is 0.419. The highest BCUT2D eigenvalue weighted by Gasteiger charge is 2.07. The Balaban J connectivity index is 2.04. The average molecular weight is 310 g/mol. The lowest BCUT2D eigenvalue weighted by Gasteiger charge is -2.06. The van der Waals surface area contributed by atoms with Gasteiger partial charge in [0, 0.05) is 4.47 Å². The minimum absolute atomic E-state index is 0.419. The van der Waals surface area contributed by atoms with Gasteiger partial charge in [-0.1, -0.05) is 15.9 Å². The van der Waals surface area contributed by atoms with E-state index in [-0.39, 0.29) is 0 Å². The van der Waals surface area contributed by atoms with Gasteiger partial charge in [-0.2, -0.15) is 0 Å². The van der Waals surface area contributed by atoms with Crippen molar-refractivity contribution in [3.05, 3.63) is 51.4 Å². The Kier molecular flexibility index (Phi) is 4.09. The molecule has 0 aliphatic heterocycles. The van der Waals surface area contributed by atoms with E-state index in [1.165, 1.54) is 0 Å². The van der Waals surface area contributed by atoms with Gasteiger partial charge >= 0.3 is 0 Å². The van der Waals surface area contributed by atoms with Crippen molar-refractivity contribution in [3.63, 3.8) is 0 Å². The van der Waals surface area contributed by atoms with Crippen molar-refractivity contribution in [2.45, 2.75) is 27.0 Å². The summed E-state index contributed by atoms with van der Waals surface area (Å²) in [5.74, 6) is 2.45. The van der Waals surface area contributed by atoms with Gasteiger partial charge in [0.1, 0.15) is 23.9 Å². The Morgan fingerprint density at radius 1 is 1.22 bits per heavy atom. The molecule has 0 aliphatic carbocycles. The summed E-state index contributed by atoms with van der Waals surface area (Å²) in [5.41, 5.74) is 7.78. The average Bonchev–Trinajstić information content (AvgIpc) is 2.71. The van der Waals surface area contributed by atoms with Gasteiger partial charge in [0.15, 0.2) is 0 Å². The number of benzene rings is 1. The van der Waals surface area contributed by atoms with Crippen molar-refractivity contribution < 1.29 is 9.15 Å². The maximum atomic E-state index is 5.69. The molecule has 0 amide bonds. The van der Waals surface area contributed by atoms with Gasteiger partial charge in [-0.15, -0.1) is 0 Å². The van der Waals surface area contributed by atoms with Crippen LogP contribution in [0.3, 0.4) is 0 Å². The lowest BCUT2D eigenvalue weighted by Crippen LogP contribution is -1.96. The van der Waals surface area contributed by atoms with Gasteiger partial charge < -0.3 is 14.9 Å². The van der Waals surface area contributed by atoms with Gasteiger partial charge in [0.25, 0.3) is 0 Å². The van der Waals surface area contributed by atoms with E-state index in [4.69, 9.17) is 14.9 Å². The molecule has 0 atom stereocenters. The molecule has 2 N–H and O–H groups in total. The molecule has 2 rings (SSSR count). The summed E-state index contributed by atoms with van der Waals surface area (Å²) in [6.07, 6.45) is 0. The van der Waals surface area contributed by atoms with Crippen molar-refractivity contribution in [1.82, 2.24) is 0 Å². The second-order valence-electron chi connectivity index (χ2n) is 4.22. The van der Waals surface area contributed by atoms with Crippen LogP contribution in [0.4, 0.5) is 0 Å². The van der Waals surface area contributed by atoms with E-state index in [1.54, 1.807) is 0 Å². The third kappa shape index (κ3) is 2.94. The monoisotopic (exact) mass is 309 g/mol. The van der Waals surface area contributed by atoms with Crippen LogP contribution in [-0.2, 0) is 13.2 Å². The first-order valence-corrected chi connectivity index (χ1v) is 6.56. The zero-order valence-corrected chi connectivity index (χ0v) is 12.1. The lowest BCUT2D eigenvalue weighted by molar-refractivity contribution is 0.266. The van der Waals surface area contributed by atoms with Crippen molar-refractivity contribution in [2.75, 3.05) is 0 Å². The Morgan fingerprint density at radius 3 is 2.61 bits per heavy atom. The Hall–Kier alpha value is -1.26. The molecule has 2 aromatic rings. The largest absolute Gasteiger partial charge is 0.486 e. The SMILES string of the molecule is Cc1cc(OCc2cc(C)c(CN)o2)ccc1Br. The summed E-state index contributed by atoms with van der Waals surface area (Å²) in [4.78, 5) is 0. The van der Waals surface area contributed by atoms with E-state index >= 15 is 0 Å². The first kappa shape index (κ1) is 13.2. The van der Waals surface area contributed by atoms with Gasteiger partial charge in [-0.05, 0) is 49.2 Å². The number of nitrogens with two attached hydrogens (primary N) is 1. The Labute approximate surface area is 115 Å². The molecule has 18 heavy (non-hydrogen) atoms. The number of aryl methyl sites for hydroxylation is 2. The fourth-order valence-corrected chi connectivity index (χ4v) is 1.97. The van der Waals surface area contributed by atoms with Gasteiger partial charge in [-0.3, -0.25) is 0 Å². The van der Waals surface area contributed by atoms with Crippen LogP contribution in [-0.4, -0.2) is 0 Å². The van der Waals surface area contributed by atoms with Crippen LogP contribution >= 0.6 is 15.9 Å². The molecule has 96 valence electrons. The van der Waals surface area contributed by atoms with Crippen molar-refractivity contribution in [1.29, 1.82) is 0 Å². The number of hydrogen-bond acceptors (Lipinski definition) is 3. The van der Waals surface area contributed by atoms with E-state index < -0.39 is 0 Å². The molecule has 0 spiro atoms. The molecule has 3 nitrogen and oxygen atoms in total. The van der Waals surface area contributed by atoms with Gasteiger partial charge in [0.05, 0.1) is 6.54 Å². The highest BCUT2D eigenvalue weighted by Crippen LogP contribution is 2.23. The molecule has 0 aliphatic rings. The fraction of sp³-hybridized carbons (Fsp3) is 0.286. The van der Waals surface area contributed by atoms with E-state index in [0.717, 1.165) is 32.9 Å². The number of hydrogen-bond donors (Lipinski definition) is 1. The molecule has 4 heteroatoms.